The summed E-state index contributed by atoms with van der Waals surface area (Å²) >= 11 is 13.2. The molecule has 0 radical (unpaired) electrons. The Labute approximate surface area is 195 Å². The summed E-state index contributed by atoms with van der Waals surface area (Å²) in [6.45, 7) is 4.54. The van der Waals surface area contributed by atoms with Crippen LogP contribution in [0.5, 0.6) is 11.5 Å². The third-order valence-electron chi connectivity index (χ3n) is 4.32. The molecule has 31 heavy (non-hydrogen) atoms. The predicted molar refractivity (Wildman–Crippen MR) is 124 cm³/mol. The molecule has 1 atom stereocenters. The van der Waals surface area contributed by atoms with Gasteiger partial charge in [0.05, 0.1) is 22.9 Å². The number of carbonyl (C=O) groups excluding carboxylic acids is 1. The van der Waals surface area contributed by atoms with Crippen molar-refractivity contribution in [3.05, 3.63) is 58.3 Å². The van der Waals surface area contributed by atoms with Gasteiger partial charge in [0, 0.05) is 18.3 Å². The minimum atomic E-state index is -0.334. The quantitative estimate of drug-likeness (QED) is 0.408. The van der Waals surface area contributed by atoms with E-state index in [2.05, 4.69) is 15.5 Å². The van der Waals surface area contributed by atoms with E-state index in [0.29, 0.717) is 44.8 Å². The number of hydrogen-bond acceptors (Lipinski definition) is 6. The summed E-state index contributed by atoms with van der Waals surface area (Å²) in [6.07, 6.45) is -0.334. The zero-order valence-corrected chi connectivity index (χ0v) is 19.6. The standard InChI is InChI=1S/C21H22Cl2N4O3S/c1-4-27-20(13(2)30-16-7-5-6-15(11-16)29-3)25-26-21(27)31-12-19(28)24-14-8-9-17(22)18(23)10-14/h5-11,13H,4,12H2,1-3H3,(H,24,28). The van der Waals surface area contributed by atoms with Gasteiger partial charge in [-0.3, -0.25) is 4.79 Å². The van der Waals surface area contributed by atoms with Crippen LogP contribution < -0.4 is 14.8 Å². The molecule has 2 aromatic carbocycles. The van der Waals surface area contributed by atoms with Crippen LogP contribution in [-0.2, 0) is 11.3 Å². The minimum absolute atomic E-state index is 0.170. The first kappa shape index (κ1) is 23.2. The lowest BCUT2D eigenvalue weighted by molar-refractivity contribution is -0.113. The van der Waals surface area contributed by atoms with Gasteiger partial charge in [0.25, 0.3) is 0 Å². The third kappa shape index (κ3) is 6.06. The molecule has 0 aliphatic carbocycles. The molecule has 3 rings (SSSR count). The smallest absolute Gasteiger partial charge is 0.234 e. The molecule has 1 heterocycles. The van der Waals surface area contributed by atoms with E-state index in [9.17, 15) is 4.79 Å². The molecule has 0 bridgehead atoms. The molecule has 1 N–H and O–H groups in total. The number of halogens is 2. The number of methoxy groups -OCH3 is 1. The van der Waals surface area contributed by atoms with Gasteiger partial charge in [-0.2, -0.15) is 0 Å². The van der Waals surface area contributed by atoms with Crippen molar-refractivity contribution < 1.29 is 14.3 Å². The van der Waals surface area contributed by atoms with Gasteiger partial charge >= 0.3 is 0 Å². The van der Waals surface area contributed by atoms with Crippen LogP contribution in [0.1, 0.15) is 25.8 Å². The number of nitrogens with one attached hydrogen (secondary N) is 1. The van der Waals surface area contributed by atoms with Crippen molar-refractivity contribution in [3.8, 4) is 11.5 Å². The maximum Gasteiger partial charge on any atom is 0.234 e. The van der Waals surface area contributed by atoms with Crippen molar-refractivity contribution in [2.45, 2.75) is 31.7 Å². The highest BCUT2D eigenvalue weighted by atomic mass is 35.5. The zero-order chi connectivity index (χ0) is 22.4. The van der Waals surface area contributed by atoms with Gasteiger partial charge in [-0.25, -0.2) is 0 Å². The van der Waals surface area contributed by atoms with Gasteiger partial charge in [0.15, 0.2) is 17.1 Å². The van der Waals surface area contributed by atoms with E-state index in [0.717, 1.165) is 0 Å². The molecule has 1 aromatic heterocycles. The fourth-order valence-corrected chi connectivity index (χ4v) is 3.94. The predicted octanol–water partition coefficient (Wildman–Crippen LogP) is 5.48. The van der Waals surface area contributed by atoms with Crippen LogP contribution in [0.4, 0.5) is 5.69 Å². The summed E-state index contributed by atoms with van der Waals surface area (Å²) in [6, 6.07) is 12.3. The largest absolute Gasteiger partial charge is 0.497 e. The molecule has 7 nitrogen and oxygen atoms in total. The Morgan fingerprint density at radius 3 is 2.65 bits per heavy atom. The molecule has 3 aromatic rings. The van der Waals surface area contributed by atoms with Crippen LogP contribution in [0.15, 0.2) is 47.6 Å². The number of thioether (sulfide) groups is 1. The number of nitrogens with zero attached hydrogens (tertiary/aromatic N) is 3. The maximum atomic E-state index is 12.3. The number of ether oxygens (including phenoxy) is 2. The van der Waals surface area contributed by atoms with Crippen molar-refractivity contribution in [2.75, 3.05) is 18.2 Å². The minimum Gasteiger partial charge on any atom is -0.497 e. The molecule has 10 heteroatoms. The normalized spacial score (nSPS) is 11.8. The highest BCUT2D eigenvalue weighted by Gasteiger charge is 2.19. The maximum absolute atomic E-state index is 12.3. The molecule has 0 aliphatic rings. The van der Waals surface area contributed by atoms with Crippen LogP contribution in [0.3, 0.4) is 0 Å². The number of aromatic nitrogens is 3. The monoisotopic (exact) mass is 480 g/mol. The number of carbonyl (C=O) groups is 1. The topological polar surface area (TPSA) is 78.3 Å². The van der Waals surface area contributed by atoms with E-state index in [1.54, 1.807) is 25.3 Å². The Hall–Kier alpha value is -2.42. The number of anilines is 1. The summed E-state index contributed by atoms with van der Waals surface area (Å²) in [4.78, 5) is 12.3. The summed E-state index contributed by atoms with van der Waals surface area (Å²) in [7, 11) is 1.61. The summed E-state index contributed by atoms with van der Waals surface area (Å²) in [5.41, 5.74) is 0.581. The molecule has 1 amide bonds. The van der Waals surface area contributed by atoms with E-state index < -0.39 is 0 Å². The van der Waals surface area contributed by atoms with Crippen molar-refractivity contribution >= 4 is 46.6 Å². The molecule has 0 saturated carbocycles. The third-order valence-corrected chi connectivity index (χ3v) is 6.02. The molecule has 1 unspecified atom stereocenters. The number of rotatable bonds is 9. The van der Waals surface area contributed by atoms with Gasteiger partial charge in [-0.15, -0.1) is 10.2 Å². The van der Waals surface area contributed by atoms with Gasteiger partial charge in [-0.05, 0) is 44.2 Å². The number of amides is 1. The first-order valence-electron chi connectivity index (χ1n) is 9.52. The zero-order valence-electron chi connectivity index (χ0n) is 17.3. The molecule has 0 aliphatic heterocycles. The average Bonchev–Trinajstić information content (AvgIpc) is 3.18. The second-order valence-electron chi connectivity index (χ2n) is 6.49. The first-order valence-corrected chi connectivity index (χ1v) is 11.3. The Bertz CT molecular complexity index is 1060. The van der Waals surface area contributed by atoms with Gasteiger partial charge in [-0.1, -0.05) is 41.0 Å². The Morgan fingerprint density at radius 2 is 1.94 bits per heavy atom. The van der Waals surface area contributed by atoms with Crippen molar-refractivity contribution in [2.24, 2.45) is 0 Å². The fraction of sp³-hybridized carbons (Fsp3) is 0.286. The number of benzene rings is 2. The average molecular weight is 481 g/mol. The summed E-state index contributed by atoms with van der Waals surface area (Å²) in [5.74, 6) is 2.05. The van der Waals surface area contributed by atoms with E-state index in [1.807, 2.05) is 42.7 Å². The molecule has 0 spiro atoms. The van der Waals surface area contributed by atoms with E-state index in [-0.39, 0.29) is 17.8 Å². The van der Waals surface area contributed by atoms with Gasteiger partial charge in [0.1, 0.15) is 11.5 Å². The van der Waals surface area contributed by atoms with Crippen LogP contribution in [0.25, 0.3) is 0 Å². The van der Waals surface area contributed by atoms with E-state index in [4.69, 9.17) is 32.7 Å². The molecule has 0 saturated heterocycles. The molecule has 0 fully saturated rings. The molecule has 164 valence electrons. The second kappa shape index (κ2) is 10.7. The van der Waals surface area contributed by atoms with Crippen molar-refractivity contribution in [3.63, 3.8) is 0 Å². The lowest BCUT2D eigenvalue weighted by Crippen LogP contribution is -2.15. The lowest BCUT2D eigenvalue weighted by atomic mass is 10.3. The van der Waals surface area contributed by atoms with Crippen LogP contribution in [0, 0.1) is 0 Å². The summed E-state index contributed by atoms with van der Waals surface area (Å²) in [5, 5.41) is 12.8. The first-order chi connectivity index (χ1) is 14.9. The van der Waals surface area contributed by atoms with Gasteiger partial charge in [0.2, 0.25) is 5.91 Å². The number of hydrogen-bond donors (Lipinski definition) is 1. The highest BCUT2D eigenvalue weighted by Crippen LogP contribution is 2.28. The SMILES string of the molecule is CCn1c(SCC(=O)Nc2ccc(Cl)c(Cl)c2)nnc1C(C)Oc1cccc(OC)c1. The van der Waals surface area contributed by atoms with Gasteiger partial charge < -0.3 is 19.4 Å². The van der Waals surface area contributed by atoms with E-state index >= 15 is 0 Å². The Kier molecular flexibility index (Phi) is 8.06. The van der Waals surface area contributed by atoms with Crippen molar-refractivity contribution in [1.82, 2.24) is 14.8 Å². The molecular formula is C21H22Cl2N4O3S. The van der Waals surface area contributed by atoms with Crippen LogP contribution in [0.2, 0.25) is 10.0 Å². The second-order valence-corrected chi connectivity index (χ2v) is 8.25. The highest BCUT2D eigenvalue weighted by molar-refractivity contribution is 7.99. The summed E-state index contributed by atoms with van der Waals surface area (Å²) < 4.78 is 13.2. The lowest BCUT2D eigenvalue weighted by Gasteiger charge is -2.16. The fourth-order valence-electron chi connectivity index (χ4n) is 2.84. The van der Waals surface area contributed by atoms with Crippen molar-refractivity contribution in [1.29, 1.82) is 0 Å². The van der Waals surface area contributed by atoms with Crippen LogP contribution >= 0.6 is 35.0 Å². The Balaban J connectivity index is 1.63. The van der Waals surface area contributed by atoms with Crippen LogP contribution in [-0.4, -0.2) is 33.5 Å². The van der Waals surface area contributed by atoms with E-state index in [1.165, 1.54) is 11.8 Å². The Morgan fingerprint density at radius 1 is 1.16 bits per heavy atom. The molecular weight excluding hydrogens is 459 g/mol.